The summed E-state index contributed by atoms with van der Waals surface area (Å²) in [6.45, 7) is 6.33. The molecule has 1 N–H and O–H groups in total. The standard InChI is InChI=1S/C19H26N4O2S/c1-15(13-23-8-10-25-11-9-23)21-18(24)14-26-19-20-12-17(22(19)2)16-6-4-3-5-7-16/h3-7,12,15H,8-11,13-14H2,1-2H3,(H,21,24). The van der Waals surface area contributed by atoms with E-state index in [0.717, 1.165) is 49.3 Å². The third-order valence-electron chi connectivity index (χ3n) is 4.39. The molecule has 2 heterocycles. The quantitative estimate of drug-likeness (QED) is 0.752. The van der Waals surface area contributed by atoms with Crippen molar-refractivity contribution in [2.45, 2.75) is 18.1 Å². The second-order valence-electron chi connectivity index (χ2n) is 6.52. The predicted molar refractivity (Wildman–Crippen MR) is 104 cm³/mol. The average Bonchev–Trinajstić information content (AvgIpc) is 3.02. The molecule has 1 aliphatic rings. The maximum absolute atomic E-state index is 12.2. The summed E-state index contributed by atoms with van der Waals surface area (Å²) in [6, 6.07) is 10.3. The highest BCUT2D eigenvalue weighted by Crippen LogP contribution is 2.24. The van der Waals surface area contributed by atoms with Crippen LogP contribution in [0.15, 0.2) is 41.7 Å². The minimum Gasteiger partial charge on any atom is -0.379 e. The average molecular weight is 375 g/mol. The monoisotopic (exact) mass is 374 g/mol. The van der Waals surface area contributed by atoms with Gasteiger partial charge in [-0.2, -0.15) is 0 Å². The minimum atomic E-state index is 0.0417. The Kier molecular flexibility index (Phi) is 6.71. The van der Waals surface area contributed by atoms with Crippen LogP contribution in [0.5, 0.6) is 0 Å². The van der Waals surface area contributed by atoms with Crippen molar-refractivity contribution in [1.82, 2.24) is 19.8 Å². The molecule has 1 amide bonds. The van der Waals surface area contributed by atoms with Gasteiger partial charge in [-0.3, -0.25) is 9.69 Å². The van der Waals surface area contributed by atoms with E-state index in [2.05, 4.69) is 27.3 Å². The van der Waals surface area contributed by atoms with Gasteiger partial charge >= 0.3 is 0 Å². The second-order valence-corrected chi connectivity index (χ2v) is 7.46. The van der Waals surface area contributed by atoms with E-state index < -0.39 is 0 Å². The first-order valence-electron chi connectivity index (χ1n) is 8.93. The molecular weight excluding hydrogens is 348 g/mol. The van der Waals surface area contributed by atoms with Crippen LogP contribution in [0.1, 0.15) is 6.92 Å². The fourth-order valence-corrected chi connectivity index (χ4v) is 3.83. The van der Waals surface area contributed by atoms with E-state index in [1.807, 2.05) is 42.9 Å². The van der Waals surface area contributed by atoms with E-state index in [-0.39, 0.29) is 11.9 Å². The molecule has 2 aromatic rings. The van der Waals surface area contributed by atoms with Gasteiger partial charge in [0.15, 0.2) is 5.16 Å². The minimum absolute atomic E-state index is 0.0417. The van der Waals surface area contributed by atoms with E-state index in [0.29, 0.717) is 5.75 Å². The van der Waals surface area contributed by atoms with E-state index in [1.54, 1.807) is 0 Å². The Bertz CT molecular complexity index is 714. The van der Waals surface area contributed by atoms with Crippen LogP contribution in [0.4, 0.5) is 0 Å². The maximum Gasteiger partial charge on any atom is 0.230 e. The topological polar surface area (TPSA) is 59.4 Å². The highest BCUT2D eigenvalue weighted by Gasteiger charge is 2.16. The normalized spacial score (nSPS) is 16.4. The number of rotatable bonds is 7. The van der Waals surface area contributed by atoms with Crippen LogP contribution in [-0.4, -0.2) is 65.0 Å². The van der Waals surface area contributed by atoms with Gasteiger partial charge in [0.25, 0.3) is 0 Å². The first kappa shape index (κ1) is 18.9. The highest BCUT2D eigenvalue weighted by atomic mass is 32.2. The Balaban J connectivity index is 1.48. The zero-order valence-electron chi connectivity index (χ0n) is 15.4. The third-order valence-corrected chi connectivity index (χ3v) is 5.43. The molecule has 3 rings (SSSR count). The summed E-state index contributed by atoms with van der Waals surface area (Å²) in [4.78, 5) is 19.0. The molecule has 1 fully saturated rings. The zero-order chi connectivity index (χ0) is 18.4. The number of ether oxygens (including phenoxy) is 1. The second kappa shape index (κ2) is 9.21. The van der Waals surface area contributed by atoms with Crippen molar-refractivity contribution < 1.29 is 9.53 Å². The number of nitrogens with zero attached hydrogens (tertiary/aromatic N) is 3. The van der Waals surface area contributed by atoms with Crippen molar-refractivity contribution in [2.75, 3.05) is 38.6 Å². The molecule has 1 atom stereocenters. The molecule has 1 aromatic carbocycles. The number of imidazole rings is 1. The molecule has 1 unspecified atom stereocenters. The molecule has 0 bridgehead atoms. The highest BCUT2D eigenvalue weighted by molar-refractivity contribution is 7.99. The number of morpholine rings is 1. The van der Waals surface area contributed by atoms with Crippen molar-refractivity contribution >= 4 is 17.7 Å². The van der Waals surface area contributed by atoms with Gasteiger partial charge in [-0.05, 0) is 12.5 Å². The van der Waals surface area contributed by atoms with Crippen LogP contribution in [0.2, 0.25) is 0 Å². The molecule has 0 aliphatic carbocycles. The molecule has 1 aromatic heterocycles. The summed E-state index contributed by atoms with van der Waals surface area (Å²) >= 11 is 1.46. The number of hydrogen-bond donors (Lipinski definition) is 1. The lowest BCUT2D eigenvalue weighted by molar-refractivity contribution is -0.119. The van der Waals surface area contributed by atoms with Crippen LogP contribution in [-0.2, 0) is 16.6 Å². The summed E-state index contributed by atoms with van der Waals surface area (Å²) in [7, 11) is 1.98. The summed E-state index contributed by atoms with van der Waals surface area (Å²) in [5.41, 5.74) is 2.17. The first-order chi connectivity index (χ1) is 12.6. The Morgan fingerprint density at radius 3 is 2.77 bits per heavy atom. The first-order valence-corrected chi connectivity index (χ1v) is 9.91. The van der Waals surface area contributed by atoms with Crippen molar-refractivity contribution in [2.24, 2.45) is 7.05 Å². The van der Waals surface area contributed by atoms with Gasteiger partial charge in [0, 0.05) is 32.7 Å². The number of carbonyl (C=O) groups is 1. The Hall–Kier alpha value is -1.83. The van der Waals surface area contributed by atoms with Crippen LogP contribution in [0.3, 0.4) is 0 Å². The maximum atomic E-state index is 12.2. The summed E-state index contributed by atoms with van der Waals surface area (Å²) in [6.07, 6.45) is 1.86. The SMILES string of the molecule is CC(CN1CCOCC1)NC(=O)CSc1ncc(-c2ccccc2)n1C. The smallest absolute Gasteiger partial charge is 0.230 e. The molecule has 7 heteroatoms. The lowest BCUT2D eigenvalue weighted by atomic mass is 10.2. The summed E-state index contributed by atoms with van der Waals surface area (Å²) in [5, 5.41) is 3.92. The van der Waals surface area contributed by atoms with Crippen molar-refractivity contribution in [3.05, 3.63) is 36.5 Å². The van der Waals surface area contributed by atoms with Gasteiger partial charge in [-0.1, -0.05) is 42.1 Å². The van der Waals surface area contributed by atoms with Gasteiger partial charge in [-0.15, -0.1) is 0 Å². The van der Waals surface area contributed by atoms with Crippen molar-refractivity contribution in [3.8, 4) is 11.3 Å². The zero-order valence-corrected chi connectivity index (χ0v) is 16.2. The van der Waals surface area contributed by atoms with Gasteiger partial charge in [0.05, 0.1) is 30.9 Å². The lowest BCUT2D eigenvalue weighted by Crippen LogP contribution is -2.46. The number of nitrogens with one attached hydrogen (secondary N) is 1. The lowest BCUT2D eigenvalue weighted by Gasteiger charge is -2.29. The molecular formula is C19H26N4O2S. The third kappa shape index (κ3) is 5.09. The van der Waals surface area contributed by atoms with E-state index in [9.17, 15) is 4.79 Å². The van der Waals surface area contributed by atoms with Crippen LogP contribution in [0.25, 0.3) is 11.3 Å². The number of aromatic nitrogens is 2. The molecule has 140 valence electrons. The molecule has 0 radical (unpaired) electrons. The predicted octanol–water partition coefficient (Wildman–Crippen LogP) is 2.02. The fraction of sp³-hybridized carbons (Fsp3) is 0.474. The van der Waals surface area contributed by atoms with Crippen LogP contribution < -0.4 is 5.32 Å². The number of thioether (sulfide) groups is 1. The molecule has 0 spiro atoms. The molecule has 1 saturated heterocycles. The van der Waals surface area contributed by atoms with E-state index in [4.69, 9.17) is 4.74 Å². The van der Waals surface area contributed by atoms with Crippen molar-refractivity contribution in [1.29, 1.82) is 0 Å². The Labute approximate surface area is 158 Å². The Morgan fingerprint density at radius 2 is 2.04 bits per heavy atom. The van der Waals surface area contributed by atoms with Crippen molar-refractivity contribution in [3.63, 3.8) is 0 Å². The largest absolute Gasteiger partial charge is 0.379 e. The summed E-state index contributed by atoms with van der Waals surface area (Å²) < 4.78 is 7.39. The van der Waals surface area contributed by atoms with E-state index in [1.165, 1.54) is 11.8 Å². The summed E-state index contributed by atoms with van der Waals surface area (Å²) in [5.74, 6) is 0.409. The van der Waals surface area contributed by atoms with Crippen LogP contribution in [0, 0.1) is 0 Å². The number of carbonyl (C=O) groups excluding carboxylic acids is 1. The Morgan fingerprint density at radius 1 is 1.31 bits per heavy atom. The fourth-order valence-electron chi connectivity index (χ4n) is 3.07. The molecule has 6 nitrogen and oxygen atoms in total. The number of hydrogen-bond acceptors (Lipinski definition) is 5. The van der Waals surface area contributed by atoms with E-state index >= 15 is 0 Å². The molecule has 0 saturated carbocycles. The van der Waals surface area contributed by atoms with Gasteiger partial charge in [-0.25, -0.2) is 4.98 Å². The van der Waals surface area contributed by atoms with Gasteiger partial charge in [0.2, 0.25) is 5.91 Å². The molecule has 26 heavy (non-hydrogen) atoms. The number of amides is 1. The van der Waals surface area contributed by atoms with Gasteiger partial charge < -0.3 is 14.6 Å². The molecule has 1 aliphatic heterocycles. The van der Waals surface area contributed by atoms with Gasteiger partial charge in [0.1, 0.15) is 0 Å². The number of benzene rings is 1. The van der Waals surface area contributed by atoms with Crippen LogP contribution >= 0.6 is 11.8 Å².